The van der Waals surface area contributed by atoms with Crippen LogP contribution in [-0.2, 0) is 4.79 Å². The van der Waals surface area contributed by atoms with Crippen LogP contribution in [0.5, 0.6) is 5.75 Å². The molecule has 0 saturated heterocycles. The van der Waals surface area contributed by atoms with Gasteiger partial charge in [-0.15, -0.1) is 11.3 Å². The van der Waals surface area contributed by atoms with Crippen LogP contribution >= 0.6 is 11.3 Å². The van der Waals surface area contributed by atoms with Gasteiger partial charge in [-0.2, -0.15) is 0 Å². The molecule has 0 atom stereocenters. The summed E-state index contributed by atoms with van der Waals surface area (Å²) >= 11 is 1.43. The molecule has 0 bridgehead atoms. The zero-order chi connectivity index (χ0) is 16.7. The first-order valence-corrected chi connectivity index (χ1v) is 8.56. The molecule has 0 radical (unpaired) electrons. The number of benzene rings is 1. The van der Waals surface area contributed by atoms with Gasteiger partial charge < -0.3 is 10.1 Å². The van der Waals surface area contributed by atoms with Crippen molar-refractivity contribution >= 4 is 28.7 Å². The third kappa shape index (κ3) is 5.53. The van der Waals surface area contributed by atoms with Crippen LogP contribution in [0.25, 0.3) is 0 Å². The molecule has 2 rings (SSSR count). The maximum atomic E-state index is 12.0. The lowest BCUT2D eigenvalue weighted by molar-refractivity contribution is -0.116. The maximum Gasteiger partial charge on any atom is 0.224 e. The molecule has 1 amide bonds. The van der Waals surface area contributed by atoms with Crippen molar-refractivity contribution in [3.8, 4) is 5.75 Å². The van der Waals surface area contributed by atoms with E-state index >= 15 is 0 Å². The van der Waals surface area contributed by atoms with E-state index < -0.39 is 0 Å². The number of amides is 1. The van der Waals surface area contributed by atoms with E-state index in [2.05, 4.69) is 5.32 Å². The van der Waals surface area contributed by atoms with Gasteiger partial charge in [-0.3, -0.25) is 9.59 Å². The van der Waals surface area contributed by atoms with Gasteiger partial charge in [0.15, 0.2) is 5.78 Å². The van der Waals surface area contributed by atoms with Crippen molar-refractivity contribution in [2.45, 2.75) is 39.2 Å². The standard InChI is InChI=1S/C18H21NO3S/c1-13(2)22-16-9-4-3-7-14(16)19-18(21)11-5-8-15(20)17-10-6-12-23-17/h3-4,6-7,9-10,12-13H,5,8,11H2,1-2H3,(H,19,21). The zero-order valence-corrected chi connectivity index (χ0v) is 14.2. The molecule has 0 saturated carbocycles. The highest BCUT2D eigenvalue weighted by Gasteiger charge is 2.11. The first-order chi connectivity index (χ1) is 11.1. The van der Waals surface area contributed by atoms with E-state index in [-0.39, 0.29) is 17.8 Å². The van der Waals surface area contributed by atoms with Gasteiger partial charge >= 0.3 is 0 Å². The average molecular weight is 331 g/mol. The molecule has 4 nitrogen and oxygen atoms in total. The van der Waals surface area contributed by atoms with Crippen LogP contribution in [0.1, 0.15) is 42.8 Å². The summed E-state index contributed by atoms with van der Waals surface area (Å²) in [7, 11) is 0. The number of rotatable bonds is 8. The number of carbonyl (C=O) groups excluding carboxylic acids is 2. The number of thiophene rings is 1. The SMILES string of the molecule is CC(C)Oc1ccccc1NC(=O)CCCC(=O)c1cccs1. The molecule has 5 heteroatoms. The van der Waals surface area contributed by atoms with Crippen LogP contribution in [0, 0.1) is 0 Å². The van der Waals surface area contributed by atoms with Gasteiger partial charge in [0, 0.05) is 12.8 Å². The number of nitrogens with one attached hydrogen (secondary N) is 1. The third-order valence-electron chi connectivity index (χ3n) is 3.13. The van der Waals surface area contributed by atoms with Crippen LogP contribution in [0.2, 0.25) is 0 Å². The molecule has 1 aromatic carbocycles. The summed E-state index contributed by atoms with van der Waals surface area (Å²) in [6.07, 6.45) is 1.28. The molecule has 0 aliphatic rings. The molecule has 0 fully saturated rings. The fraction of sp³-hybridized carbons (Fsp3) is 0.333. The van der Waals surface area contributed by atoms with E-state index in [1.807, 2.05) is 55.6 Å². The fourth-order valence-electron chi connectivity index (χ4n) is 2.11. The number of anilines is 1. The van der Waals surface area contributed by atoms with E-state index in [4.69, 9.17) is 4.74 Å². The number of ketones is 1. The molecule has 0 unspecified atom stereocenters. The van der Waals surface area contributed by atoms with Crippen molar-refractivity contribution in [1.82, 2.24) is 0 Å². The Kier molecular flexibility index (Phi) is 6.35. The molecule has 23 heavy (non-hydrogen) atoms. The summed E-state index contributed by atoms with van der Waals surface area (Å²) < 4.78 is 5.67. The number of ether oxygens (including phenoxy) is 1. The maximum absolute atomic E-state index is 12.0. The van der Waals surface area contributed by atoms with Crippen LogP contribution in [0.4, 0.5) is 5.69 Å². The van der Waals surface area contributed by atoms with Gasteiger partial charge in [0.05, 0.1) is 16.7 Å². The molecule has 0 aliphatic carbocycles. The minimum absolute atomic E-state index is 0.0384. The predicted molar refractivity (Wildman–Crippen MR) is 93.3 cm³/mol. The third-order valence-corrected chi connectivity index (χ3v) is 4.04. The second kappa shape index (κ2) is 8.48. The predicted octanol–water partition coefficient (Wildman–Crippen LogP) is 4.53. The molecule has 1 heterocycles. The largest absolute Gasteiger partial charge is 0.489 e. The van der Waals surface area contributed by atoms with Crippen molar-refractivity contribution in [3.63, 3.8) is 0 Å². The molecular formula is C18H21NO3S. The monoisotopic (exact) mass is 331 g/mol. The molecule has 0 spiro atoms. The highest BCUT2D eigenvalue weighted by Crippen LogP contribution is 2.25. The lowest BCUT2D eigenvalue weighted by atomic mass is 10.1. The molecule has 0 aliphatic heterocycles. The van der Waals surface area contributed by atoms with Crippen LogP contribution < -0.4 is 10.1 Å². The molecule has 2 aromatic rings. The van der Waals surface area contributed by atoms with Gasteiger partial charge in [0.1, 0.15) is 5.75 Å². The number of carbonyl (C=O) groups is 2. The smallest absolute Gasteiger partial charge is 0.224 e. The van der Waals surface area contributed by atoms with E-state index in [9.17, 15) is 9.59 Å². The van der Waals surface area contributed by atoms with Gasteiger partial charge in [-0.05, 0) is 43.8 Å². The highest BCUT2D eigenvalue weighted by molar-refractivity contribution is 7.12. The van der Waals surface area contributed by atoms with E-state index in [0.29, 0.717) is 30.7 Å². The quantitative estimate of drug-likeness (QED) is 0.723. The van der Waals surface area contributed by atoms with Crippen LogP contribution in [0.3, 0.4) is 0 Å². The second-order valence-electron chi connectivity index (χ2n) is 5.46. The summed E-state index contributed by atoms with van der Waals surface area (Å²) in [4.78, 5) is 24.7. The Labute approximate surface area is 140 Å². The van der Waals surface area contributed by atoms with Crippen molar-refractivity contribution in [1.29, 1.82) is 0 Å². The topological polar surface area (TPSA) is 55.4 Å². The zero-order valence-electron chi connectivity index (χ0n) is 13.4. The minimum Gasteiger partial charge on any atom is -0.489 e. The molecule has 1 N–H and O–H groups in total. The van der Waals surface area contributed by atoms with Crippen molar-refractivity contribution in [2.75, 3.05) is 5.32 Å². The average Bonchev–Trinajstić information content (AvgIpc) is 3.03. The van der Waals surface area contributed by atoms with Crippen molar-refractivity contribution in [3.05, 3.63) is 46.7 Å². The molecule has 1 aromatic heterocycles. The van der Waals surface area contributed by atoms with E-state index in [1.54, 1.807) is 0 Å². The van der Waals surface area contributed by atoms with E-state index in [0.717, 1.165) is 4.88 Å². The molecule has 122 valence electrons. The first-order valence-electron chi connectivity index (χ1n) is 7.68. The first kappa shape index (κ1) is 17.2. The Bertz CT molecular complexity index is 650. The number of hydrogen-bond donors (Lipinski definition) is 1. The number of Topliss-reactive ketones (excluding diaryl/α,β-unsaturated/α-hetero) is 1. The van der Waals surface area contributed by atoms with Gasteiger partial charge in [0.2, 0.25) is 5.91 Å². The van der Waals surface area contributed by atoms with Gasteiger partial charge in [-0.25, -0.2) is 0 Å². The summed E-state index contributed by atoms with van der Waals surface area (Å²) in [5, 5.41) is 4.73. The number of para-hydroxylation sites is 2. The Morgan fingerprint density at radius 1 is 1.13 bits per heavy atom. The fourth-order valence-corrected chi connectivity index (χ4v) is 2.80. The second-order valence-corrected chi connectivity index (χ2v) is 6.41. The highest BCUT2D eigenvalue weighted by atomic mass is 32.1. The summed E-state index contributed by atoms with van der Waals surface area (Å²) in [5.41, 5.74) is 0.663. The van der Waals surface area contributed by atoms with Crippen LogP contribution in [-0.4, -0.2) is 17.8 Å². The lowest BCUT2D eigenvalue weighted by Gasteiger charge is -2.14. The Hall–Kier alpha value is -2.14. The normalized spacial score (nSPS) is 10.6. The minimum atomic E-state index is -0.108. The van der Waals surface area contributed by atoms with Crippen molar-refractivity contribution < 1.29 is 14.3 Å². The summed E-state index contributed by atoms with van der Waals surface area (Å²) in [6, 6.07) is 11.0. The Balaban J connectivity index is 1.82. The van der Waals surface area contributed by atoms with Gasteiger partial charge in [0.25, 0.3) is 0 Å². The Morgan fingerprint density at radius 2 is 1.91 bits per heavy atom. The van der Waals surface area contributed by atoms with Gasteiger partial charge in [-0.1, -0.05) is 18.2 Å². The summed E-state index contributed by atoms with van der Waals surface area (Å²) in [5.74, 6) is 0.644. The van der Waals surface area contributed by atoms with Crippen LogP contribution in [0.15, 0.2) is 41.8 Å². The lowest BCUT2D eigenvalue weighted by Crippen LogP contribution is -2.14. The molecular weight excluding hydrogens is 310 g/mol. The summed E-state index contributed by atoms with van der Waals surface area (Å²) in [6.45, 7) is 3.88. The Morgan fingerprint density at radius 3 is 2.61 bits per heavy atom. The number of hydrogen-bond acceptors (Lipinski definition) is 4. The van der Waals surface area contributed by atoms with E-state index in [1.165, 1.54) is 11.3 Å². The van der Waals surface area contributed by atoms with Crippen molar-refractivity contribution in [2.24, 2.45) is 0 Å².